The zero-order valence-electron chi connectivity index (χ0n) is 14.8. The summed E-state index contributed by atoms with van der Waals surface area (Å²) < 4.78 is 1.81. The molecule has 1 aliphatic heterocycles. The second kappa shape index (κ2) is 7.77. The van der Waals surface area contributed by atoms with Crippen molar-refractivity contribution in [1.29, 1.82) is 0 Å². The largest absolute Gasteiger partial charge is 0.347 e. The predicted octanol–water partition coefficient (Wildman–Crippen LogP) is 2.96. The van der Waals surface area contributed by atoms with Crippen LogP contribution in [0.1, 0.15) is 29.0 Å². The smallest absolute Gasteiger partial charge is 0.256 e. The summed E-state index contributed by atoms with van der Waals surface area (Å²) in [6, 6.07) is 9.76. The number of nitrogens with one attached hydrogen (secondary N) is 1. The number of halogens is 2. The Bertz CT molecular complexity index is 1050. The van der Waals surface area contributed by atoms with Crippen LogP contribution in [-0.4, -0.2) is 43.9 Å². The molecule has 144 valence electrons. The van der Waals surface area contributed by atoms with E-state index in [0.717, 1.165) is 6.42 Å². The molecule has 28 heavy (non-hydrogen) atoms. The standard InChI is InChI=1S/C19H17Cl2N5O2/c20-12-6-7-14(21)13(10-12)19(28)25-9-3-4-15(25)18(27)22-11-17-24-23-16-5-1-2-8-26(16)17/h1-2,5-8,10,15H,3-4,9,11H2,(H,22,27)/t15-/m0/s1. The molecule has 0 aliphatic carbocycles. The van der Waals surface area contributed by atoms with E-state index in [0.29, 0.717) is 40.0 Å². The van der Waals surface area contributed by atoms with Gasteiger partial charge in [-0.25, -0.2) is 0 Å². The number of amides is 2. The average molecular weight is 418 g/mol. The minimum atomic E-state index is -0.554. The first-order valence-electron chi connectivity index (χ1n) is 8.87. The third-order valence-electron chi connectivity index (χ3n) is 4.78. The number of hydrogen-bond acceptors (Lipinski definition) is 4. The van der Waals surface area contributed by atoms with Gasteiger partial charge >= 0.3 is 0 Å². The van der Waals surface area contributed by atoms with Crippen molar-refractivity contribution in [1.82, 2.24) is 24.8 Å². The fraction of sp³-hybridized carbons (Fsp3) is 0.263. The van der Waals surface area contributed by atoms with Crippen LogP contribution in [0, 0.1) is 0 Å². The number of pyridine rings is 1. The van der Waals surface area contributed by atoms with Gasteiger partial charge in [-0.15, -0.1) is 10.2 Å². The molecule has 0 unspecified atom stereocenters. The van der Waals surface area contributed by atoms with Crippen LogP contribution in [-0.2, 0) is 11.3 Å². The topological polar surface area (TPSA) is 79.6 Å². The van der Waals surface area contributed by atoms with Gasteiger partial charge in [-0.2, -0.15) is 0 Å². The van der Waals surface area contributed by atoms with Crippen LogP contribution >= 0.6 is 23.2 Å². The number of likely N-dealkylation sites (tertiary alicyclic amines) is 1. The van der Waals surface area contributed by atoms with E-state index in [1.54, 1.807) is 17.0 Å². The third-order valence-corrected chi connectivity index (χ3v) is 5.34. The molecular formula is C19H17Cl2N5O2. The molecule has 0 saturated carbocycles. The van der Waals surface area contributed by atoms with Crippen LogP contribution in [0.4, 0.5) is 0 Å². The lowest BCUT2D eigenvalue weighted by atomic mass is 10.1. The van der Waals surface area contributed by atoms with E-state index in [1.165, 1.54) is 6.07 Å². The molecule has 4 rings (SSSR count). The summed E-state index contributed by atoms with van der Waals surface area (Å²) in [6.45, 7) is 0.716. The highest BCUT2D eigenvalue weighted by Gasteiger charge is 2.35. The van der Waals surface area contributed by atoms with E-state index in [-0.39, 0.29) is 18.4 Å². The second-order valence-corrected chi connectivity index (χ2v) is 7.39. The summed E-state index contributed by atoms with van der Waals surface area (Å²) in [7, 11) is 0. The molecule has 7 nitrogen and oxygen atoms in total. The minimum absolute atomic E-state index is 0.223. The van der Waals surface area contributed by atoms with Gasteiger partial charge in [-0.3, -0.25) is 14.0 Å². The molecule has 1 saturated heterocycles. The molecule has 9 heteroatoms. The monoisotopic (exact) mass is 417 g/mol. The lowest BCUT2D eigenvalue weighted by Crippen LogP contribution is -2.46. The number of carbonyl (C=O) groups excluding carboxylic acids is 2. The van der Waals surface area contributed by atoms with Crippen LogP contribution in [0.25, 0.3) is 5.65 Å². The second-order valence-electron chi connectivity index (χ2n) is 6.54. The number of nitrogens with zero attached hydrogens (tertiary/aromatic N) is 4. The van der Waals surface area contributed by atoms with Gasteiger partial charge in [0.05, 0.1) is 17.1 Å². The summed E-state index contributed by atoms with van der Waals surface area (Å²) >= 11 is 12.2. The zero-order chi connectivity index (χ0) is 19.7. The van der Waals surface area contributed by atoms with Crippen LogP contribution < -0.4 is 5.32 Å². The average Bonchev–Trinajstić information content (AvgIpc) is 3.34. The van der Waals surface area contributed by atoms with Crippen LogP contribution in [0.2, 0.25) is 10.0 Å². The molecule has 1 aromatic carbocycles. The fourth-order valence-corrected chi connectivity index (χ4v) is 3.76. The molecule has 2 amide bonds. The molecular weight excluding hydrogens is 401 g/mol. The number of fused-ring (bicyclic) bond motifs is 1. The molecule has 1 aliphatic rings. The summed E-state index contributed by atoms with van der Waals surface area (Å²) in [4.78, 5) is 27.2. The van der Waals surface area contributed by atoms with Crippen molar-refractivity contribution in [3.05, 3.63) is 64.0 Å². The SMILES string of the molecule is O=C(NCc1nnc2ccccn12)[C@@H]1CCCN1C(=O)c1cc(Cl)ccc1Cl. The van der Waals surface area contributed by atoms with Crippen molar-refractivity contribution in [3.63, 3.8) is 0 Å². The molecule has 0 bridgehead atoms. The summed E-state index contributed by atoms with van der Waals surface area (Å²) in [6.07, 6.45) is 3.18. The van der Waals surface area contributed by atoms with E-state index < -0.39 is 6.04 Å². The maximum Gasteiger partial charge on any atom is 0.256 e. The van der Waals surface area contributed by atoms with Gasteiger partial charge in [0.2, 0.25) is 5.91 Å². The highest BCUT2D eigenvalue weighted by atomic mass is 35.5. The molecule has 2 aromatic heterocycles. The molecule has 0 radical (unpaired) electrons. The zero-order valence-corrected chi connectivity index (χ0v) is 16.3. The van der Waals surface area contributed by atoms with Gasteiger partial charge in [0.25, 0.3) is 5.91 Å². The first kappa shape index (κ1) is 18.7. The first-order valence-corrected chi connectivity index (χ1v) is 9.62. The Morgan fingerprint density at radius 1 is 1.18 bits per heavy atom. The third kappa shape index (κ3) is 3.55. The highest BCUT2D eigenvalue weighted by Crippen LogP contribution is 2.26. The number of rotatable bonds is 4. The fourth-order valence-electron chi connectivity index (χ4n) is 3.39. The number of benzene rings is 1. The van der Waals surface area contributed by atoms with Crippen LogP contribution in [0.3, 0.4) is 0 Å². The van der Waals surface area contributed by atoms with Gasteiger partial charge in [-0.05, 0) is 43.2 Å². The maximum absolute atomic E-state index is 12.9. The van der Waals surface area contributed by atoms with Crippen molar-refractivity contribution in [3.8, 4) is 0 Å². The Kier molecular flexibility index (Phi) is 5.19. The van der Waals surface area contributed by atoms with E-state index >= 15 is 0 Å². The van der Waals surface area contributed by atoms with E-state index in [4.69, 9.17) is 23.2 Å². The molecule has 1 atom stereocenters. The van der Waals surface area contributed by atoms with E-state index in [2.05, 4.69) is 15.5 Å². The summed E-state index contributed by atoms with van der Waals surface area (Å²) in [5.41, 5.74) is 1.01. The van der Waals surface area contributed by atoms with E-state index in [1.807, 2.05) is 28.8 Å². The Morgan fingerprint density at radius 3 is 2.89 bits per heavy atom. The number of hydrogen-bond donors (Lipinski definition) is 1. The van der Waals surface area contributed by atoms with Crippen molar-refractivity contribution >= 4 is 40.7 Å². The van der Waals surface area contributed by atoms with Crippen molar-refractivity contribution in [2.45, 2.75) is 25.4 Å². The Hall–Kier alpha value is -2.64. The Labute approximate surface area is 171 Å². The number of carbonyl (C=O) groups is 2. The van der Waals surface area contributed by atoms with Crippen molar-refractivity contribution < 1.29 is 9.59 Å². The molecule has 0 spiro atoms. The quantitative estimate of drug-likeness (QED) is 0.707. The van der Waals surface area contributed by atoms with Gasteiger partial charge in [0.1, 0.15) is 6.04 Å². The molecule has 3 heterocycles. The van der Waals surface area contributed by atoms with Gasteiger partial charge < -0.3 is 10.2 Å². The molecule has 3 aromatic rings. The van der Waals surface area contributed by atoms with Gasteiger partial charge in [0.15, 0.2) is 11.5 Å². The van der Waals surface area contributed by atoms with Crippen molar-refractivity contribution in [2.75, 3.05) is 6.54 Å². The van der Waals surface area contributed by atoms with Crippen molar-refractivity contribution in [2.24, 2.45) is 0 Å². The highest BCUT2D eigenvalue weighted by molar-refractivity contribution is 6.35. The lowest BCUT2D eigenvalue weighted by Gasteiger charge is -2.24. The minimum Gasteiger partial charge on any atom is -0.347 e. The maximum atomic E-state index is 12.9. The summed E-state index contributed by atoms with van der Waals surface area (Å²) in [5.74, 6) is 0.104. The predicted molar refractivity (Wildman–Crippen MR) is 105 cm³/mol. The van der Waals surface area contributed by atoms with Crippen LogP contribution in [0.15, 0.2) is 42.6 Å². The first-order chi connectivity index (χ1) is 13.5. The summed E-state index contributed by atoms with van der Waals surface area (Å²) in [5, 5.41) is 11.8. The normalized spacial score (nSPS) is 16.5. The lowest BCUT2D eigenvalue weighted by molar-refractivity contribution is -0.125. The molecule has 1 fully saturated rings. The molecule has 1 N–H and O–H groups in total. The Morgan fingerprint density at radius 2 is 2.04 bits per heavy atom. The van der Waals surface area contributed by atoms with E-state index in [9.17, 15) is 9.59 Å². The van der Waals surface area contributed by atoms with Gasteiger partial charge in [0, 0.05) is 17.8 Å². The number of aromatic nitrogens is 3. The van der Waals surface area contributed by atoms with Crippen LogP contribution in [0.5, 0.6) is 0 Å². The Balaban J connectivity index is 1.47. The van der Waals surface area contributed by atoms with Gasteiger partial charge in [-0.1, -0.05) is 29.3 Å².